The van der Waals surface area contributed by atoms with Crippen LogP contribution in [-0.2, 0) is 10.0 Å². The maximum absolute atomic E-state index is 12.9. The lowest BCUT2D eigenvalue weighted by atomic mass is 10.1. The molecule has 0 heterocycles. The molecule has 3 rings (SSSR count). The molecule has 0 spiro atoms. The van der Waals surface area contributed by atoms with Crippen molar-refractivity contribution in [3.63, 3.8) is 0 Å². The van der Waals surface area contributed by atoms with Crippen LogP contribution >= 0.6 is 23.2 Å². The largest absolute Gasteiger partial charge is 0.335 e. The van der Waals surface area contributed by atoms with Gasteiger partial charge in [-0.25, -0.2) is 13.1 Å². The molecule has 0 saturated heterocycles. The summed E-state index contributed by atoms with van der Waals surface area (Å²) in [5.74, 6) is -0.294. The SMILES string of the molecule is C[C@@H](c1ccc(Cl)cc1Cl)N(C)C(=O)c1cccc(S(=O)(=O)NC2CC2)c1. The third kappa shape index (κ3) is 4.63. The molecule has 1 aliphatic rings. The zero-order valence-electron chi connectivity index (χ0n) is 14.9. The van der Waals surface area contributed by atoms with Gasteiger partial charge in [-0.1, -0.05) is 35.3 Å². The number of hydrogen-bond acceptors (Lipinski definition) is 3. The van der Waals surface area contributed by atoms with E-state index in [2.05, 4.69) is 4.72 Å². The second kappa shape index (κ2) is 7.80. The summed E-state index contributed by atoms with van der Waals surface area (Å²) >= 11 is 12.2. The van der Waals surface area contributed by atoms with Crippen LogP contribution in [0.15, 0.2) is 47.4 Å². The fraction of sp³-hybridized carbons (Fsp3) is 0.316. The molecule has 2 aromatic carbocycles. The molecule has 2 aromatic rings. The van der Waals surface area contributed by atoms with Crippen LogP contribution in [0.1, 0.15) is 41.7 Å². The van der Waals surface area contributed by atoms with Crippen LogP contribution in [0.3, 0.4) is 0 Å². The molecule has 5 nitrogen and oxygen atoms in total. The molecule has 1 aliphatic carbocycles. The Hall–Kier alpha value is -1.60. The number of nitrogens with zero attached hydrogens (tertiary/aromatic N) is 1. The van der Waals surface area contributed by atoms with Gasteiger partial charge in [-0.05, 0) is 55.7 Å². The van der Waals surface area contributed by atoms with Gasteiger partial charge in [0.05, 0.1) is 10.9 Å². The summed E-state index contributed by atoms with van der Waals surface area (Å²) in [6.45, 7) is 1.85. The number of halogens is 2. The summed E-state index contributed by atoms with van der Waals surface area (Å²) in [6, 6.07) is 10.9. The summed E-state index contributed by atoms with van der Waals surface area (Å²) in [4.78, 5) is 14.5. The third-order valence-corrected chi connectivity index (χ3v) is 6.68. The molecule has 1 fully saturated rings. The van der Waals surface area contributed by atoms with Gasteiger partial charge in [-0.2, -0.15) is 0 Å². The Kier molecular flexibility index (Phi) is 5.82. The first-order valence-electron chi connectivity index (χ1n) is 8.53. The first-order chi connectivity index (χ1) is 12.7. The topological polar surface area (TPSA) is 66.5 Å². The van der Waals surface area contributed by atoms with E-state index in [-0.39, 0.29) is 22.9 Å². The Labute approximate surface area is 169 Å². The van der Waals surface area contributed by atoms with Gasteiger partial charge in [-0.3, -0.25) is 4.79 Å². The molecule has 0 radical (unpaired) electrons. The Bertz CT molecular complexity index is 975. The maximum Gasteiger partial charge on any atom is 0.254 e. The highest BCUT2D eigenvalue weighted by atomic mass is 35.5. The molecule has 8 heteroatoms. The van der Waals surface area contributed by atoms with E-state index in [9.17, 15) is 13.2 Å². The summed E-state index contributed by atoms with van der Waals surface area (Å²) in [5, 5.41) is 0.991. The van der Waals surface area contributed by atoms with Crippen molar-refractivity contribution in [2.45, 2.75) is 36.7 Å². The molecule has 1 saturated carbocycles. The van der Waals surface area contributed by atoms with Crippen LogP contribution in [0.4, 0.5) is 0 Å². The predicted octanol–water partition coefficient (Wildman–Crippen LogP) is 4.27. The van der Waals surface area contributed by atoms with E-state index in [1.54, 1.807) is 37.4 Å². The smallest absolute Gasteiger partial charge is 0.254 e. The van der Waals surface area contributed by atoms with E-state index < -0.39 is 10.0 Å². The first-order valence-corrected chi connectivity index (χ1v) is 10.8. The first kappa shape index (κ1) is 20.1. The summed E-state index contributed by atoms with van der Waals surface area (Å²) < 4.78 is 27.4. The molecule has 1 amide bonds. The lowest BCUT2D eigenvalue weighted by Crippen LogP contribution is -2.30. The van der Waals surface area contributed by atoms with Crippen molar-refractivity contribution in [3.8, 4) is 0 Å². The van der Waals surface area contributed by atoms with Crippen LogP contribution in [0.25, 0.3) is 0 Å². The zero-order valence-corrected chi connectivity index (χ0v) is 17.3. The minimum Gasteiger partial charge on any atom is -0.335 e. The Morgan fingerprint density at radius 2 is 1.89 bits per heavy atom. The van der Waals surface area contributed by atoms with E-state index in [1.165, 1.54) is 17.0 Å². The van der Waals surface area contributed by atoms with Gasteiger partial charge in [-0.15, -0.1) is 0 Å². The van der Waals surface area contributed by atoms with Crippen molar-refractivity contribution in [1.82, 2.24) is 9.62 Å². The minimum atomic E-state index is -3.62. The fourth-order valence-corrected chi connectivity index (χ4v) is 4.63. The molecule has 0 aromatic heterocycles. The highest BCUT2D eigenvalue weighted by Crippen LogP contribution is 2.30. The minimum absolute atomic E-state index is 0.00380. The van der Waals surface area contributed by atoms with E-state index in [4.69, 9.17) is 23.2 Å². The monoisotopic (exact) mass is 426 g/mol. The molecule has 0 bridgehead atoms. The summed E-state index contributed by atoms with van der Waals surface area (Å²) in [7, 11) is -1.96. The lowest BCUT2D eigenvalue weighted by Gasteiger charge is -2.26. The van der Waals surface area contributed by atoms with Crippen molar-refractivity contribution in [3.05, 3.63) is 63.6 Å². The number of sulfonamides is 1. The lowest BCUT2D eigenvalue weighted by molar-refractivity contribution is 0.0742. The Morgan fingerprint density at radius 3 is 2.52 bits per heavy atom. The van der Waals surface area contributed by atoms with Gasteiger partial charge >= 0.3 is 0 Å². The molecule has 27 heavy (non-hydrogen) atoms. The van der Waals surface area contributed by atoms with Gasteiger partial charge in [0.1, 0.15) is 0 Å². The van der Waals surface area contributed by atoms with Crippen molar-refractivity contribution in [2.75, 3.05) is 7.05 Å². The molecule has 0 unspecified atom stereocenters. The zero-order chi connectivity index (χ0) is 19.8. The van der Waals surface area contributed by atoms with Gasteiger partial charge in [0, 0.05) is 28.7 Å². The van der Waals surface area contributed by atoms with Crippen LogP contribution in [0.2, 0.25) is 10.0 Å². The molecule has 1 atom stereocenters. The number of carbonyl (C=O) groups excluding carboxylic acids is 1. The number of rotatable bonds is 6. The number of nitrogens with one attached hydrogen (secondary N) is 1. The van der Waals surface area contributed by atoms with Crippen molar-refractivity contribution in [1.29, 1.82) is 0 Å². The van der Waals surface area contributed by atoms with Crippen molar-refractivity contribution >= 4 is 39.1 Å². The number of benzene rings is 2. The van der Waals surface area contributed by atoms with Gasteiger partial charge in [0.2, 0.25) is 10.0 Å². The standard InChI is InChI=1S/C19H20Cl2N2O3S/c1-12(17-9-6-14(20)11-18(17)21)23(2)19(24)13-4-3-5-16(10-13)27(25,26)22-15-7-8-15/h3-6,9-12,15,22H,7-8H2,1-2H3/t12-/m0/s1. The number of hydrogen-bond donors (Lipinski definition) is 1. The predicted molar refractivity (Wildman–Crippen MR) is 107 cm³/mol. The van der Waals surface area contributed by atoms with Crippen LogP contribution in [0, 0.1) is 0 Å². The number of amides is 1. The number of carbonyl (C=O) groups is 1. The van der Waals surface area contributed by atoms with Crippen LogP contribution in [-0.4, -0.2) is 32.3 Å². The third-order valence-electron chi connectivity index (χ3n) is 4.60. The highest BCUT2D eigenvalue weighted by molar-refractivity contribution is 7.89. The van der Waals surface area contributed by atoms with Gasteiger partial charge in [0.25, 0.3) is 5.91 Å². The fourth-order valence-electron chi connectivity index (χ4n) is 2.71. The van der Waals surface area contributed by atoms with Crippen molar-refractivity contribution in [2.24, 2.45) is 0 Å². The Balaban J connectivity index is 1.83. The van der Waals surface area contributed by atoms with Gasteiger partial charge < -0.3 is 4.90 Å². The quantitative estimate of drug-likeness (QED) is 0.749. The van der Waals surface area contributed by atoms with E-state index >= 15 is 0 Å². The van der Waals surface area contributed by atoms with E-state index in [0.717, 1.165) is 18.4 Å². The molecule has 1 N–H and O–H groups in total. The van der Waals surface area contributed by atoms with E-state index in [0.29, 0.717) is 15.6 Å². The summed E-state index contributed by atoms with van der Waals surface area (Å²) in [6.07, 6.45) is 1.69. The average molecular weight is 427 g/mol. The normalized spacial score (nSPS) is 15.4. The Morgan fingerprint density at radius 1 is 1.19 bits per heavy atom. The highest BCUT2D eigenvalue weighted by Gasteiger charge is 2.29. The van der Waals surface area contributed by atoms with Gasteiger partial charge in [0.15, 0.2) is 0 Å². The average Bonchev–Trinajstić information content (AvgIpc) is 3.43. The molecule has 144 valence electrons. The molecular formula is C19H20Cl2N2O3S. The van der Waals surface area contributed by atoms with Crippen LogP contribution in [0.5, 0.6) is 0 Å². The summed E-state index contributed by atoms with van der Waals surface area (Å²) in [5.41, 5.74) is 1.06. The molecular weight excluding hydrogens is 407 g/mol. The maximum atomic E-state index is 12.9. The second-order valence-electron chi connectivity index (χ2n) is 6.68. The molecule has 0 aliphatic heterocycles. The van der Waals surface area contributed by atoms with E-state index in [1.807, 2.05) is 6.92 Å². The van der Waals surface area contributed by atoms with Crippen LogP contribution < -0.4 is 4.72 Å². The van der Waals surface area contributed by atoms with Crippen molar-refractivity contribution < 1.29 is 13.2 Å². The second-order valence-corrected chi connectivity index (χ2v) is 9.24.